The number of benzene rings is 2. The second-order valence-corrected chi connectivity index (χ2v) is 6.05. The third-order valence-corrected chi connectivity index (χ3v) is 4.03. The maximum absolute atomic E-state index is 11.9. The molecule has 0 spiro atoms. The van der Waals surface area contributed by atoms with Crippen LogP contribution >= 0.6 is 23.4 Å². The van der Waals surface area contributed by atoms with E-state index in [-0.39, 0.29) is 17.6 Å². The molecule has 2 N–H and O–H groups in total. The van der Waals surface area contributed by atoms with Crippen molar-refractivity contribution in [2.45, 2.75) is 4.90 Å². The minimum absolute atomic E-state index is 0.110. The Morgan fingerprint density at radius 3 is 2.48 bits per heavy atom. The zero-order valence-corrected chi connectivity index (χ0v) is 13.8. The van der Waals surface area contributed by atoms with Crippen molar-refractivity contribution in [3.05, 3.63) is 66.2 Å². The van der Waals surface area contributed by atoms with Gasteiger partial charge in [-0.25, -0.2) is 0 Å². The van der Waals surface area contributed by atoms with E-state index in [4.69, 9.17) is 11.6 Å². The van der Waals surface area contributed by atoms with E-state index < -0.39 is 0 Å². The Balaban J connectivity index is 1.84. The van der Waals surface area contributed by atoms with E-state index >= 15 is 0 Å². The van der Waals surface area contributed by atoms with E-state index in [1.807, 2.05) is 12.1 Å². The van der Waals surface area contributed by atoms with Crippen LogP contribution in [0.2, 0.25) is 5.02 Å². The van der Waals surface area contributed by atoms with Gasteiger partial charge >= 0.3 is 0 Å². The van der Waals surface area contributed by atoms with E-state index in [2.05, 4.69) is 17.2 Å². The van der Waals surface area contributed by atoms with Gasteiger partial charge in [0.1, 0.15) is 0 Å². The zero-order chi connectivity index (χ0) is 16.7. The number of carbonyl (C=O) groups is 2. The van der Waals surface area contributed by atoms with Gasteiger partial charge in [-0.2, -0.15) is 0 Å². The first-order valence-electron chi connectivity index (χ1n) is 6.78. The highest BCUT2D eigenvalue weighted by atomic mass is 35.5. The van der Waals surface area contributed by atoms with Gasteiger partial charge in [0.25, 0.3) is 0 Å². The van der Waals surface area contributed by atoms with Gasteiger partial charge < -0.3 is 10.6 Å². The molecular weight excluding hydrogens is 332 g/mol. The Bertz CT molecular complexity index is 717. The number of carbonyl (C=O) groups excluding carboxylic acids is 2. The number of anilines is 2. The topological polar surface area (TPSA) is 58.2 Å². The summed E-state index contributed by atoms with van der Waals surface area (Å²) in [5.74, 6) is -0.0853. The molecule has 0 saturated heterocycles. The third kappa shape index (κ3) is 5.81. The fourth-order valence-electron chi connectivity index (χ4n) is 1.74. The maximum atomic E-state index is 11.9. The van der Waals surface area contributed by atoms with Crippen LogP contribution in [0, 0.1) is 0 Å². The van der Waals surface area contributed by atoms with Crippen molar-refractivity contribution in [3.8, 4) is 0 Å². The SMILES string of the molecule is C=CC(=O)Nc1ccc(SCC(=O)Nc2cccc(Cl)c2)cc1. The van der Waals surface area contributed by atoms with Gasteiger partial charge in [-0.3, -0.25) is 9.59 Å². The highest BCUT2D eigenvalue weighted by Crippen LogP contribution is 2.21. The highest BCUT2D eigenvalue weighted by Gasteiger charge is 2.05. The second-order valence-electron chi connectivity index (χ2n) is 4.56. The molecule has 0 saturated carbocycles. The monoisotopic (exact) mass is 346 g/mol. The number of rotatable bonds is 6. The van der Waals surface area contributed by atoms with Gasteiger partial charge in [0, 0.05) is 21.3 Å². The summed E-state index contributed by atoms with van der Waals surface area (Å²) in [5, 5.41) is 6.03. The molecule has 118 valence electrons. The van der Waals surface area contributed by atoms with Crippen LogP contribution in [0.5, 0.6) is 0 Å². The Hall–Kier alpha value is -2.24. The van der Waals surface area contributed by atoms with Gasteiger partial charge in [-0.1, -0.05) is 24.2 Å². The molecule has 0 heterocycles. The Morgan fingerprint density at radius 1 is 1.09 bits per heavy atom. The van der Waals surface area contributed by atoms with E-state index in [9.17, 15) is 9.59 Å². The van der Waals surface area contributed by atoms with Crippen molar-refractivity contribution in [3.63, 3.8) is 0 Å². The van der Waals surface area contributed by atoms with Crippen molar-refractivity contribution >= 4 is 46.6 Å². The van der Waals surface area contributed by atoms with Gasteiger partial charge in [0.15, 0.2) is 0 Å². The lowest BCUT2D eigenvalue weighted by Crippen LogP contribution is -2.13. The van der Waals surface area contributed by atoms with E-state index in [1.54, 1.807) is 36.4 Å². The lowest BCUT2D eigenvalue weighted by molar-refractivity contribution is -0.114. The van der Waals surface area contributed by atoms with Gasteiger partial charge in [-0.15, -0.1) is 11.8 Å². The highest BCUT2D eigenvalue weighted by molar-refractivity contribution is 8.00. The quantitative estimate of drug-likeness (QED) is 0.609. The number of hydrogen-bond donors (Lipinski definition) is 2. The van der Waals surface area contributed by atoms with Crippen LogP contribution in [0.15, 0.2) is 66.1 Å². The smallest absolute Gasteiger partial charge is 0.247 e. The maximum Gasteiger partial charge on any atom is 0.247 e. The molecule has 23 heavy (non-hydrogen) atoms. The summed E-state index contributed by atoms with van der Waals surface area (Å²) in [7, 11) is 0. The van der Waals surface area contributed by atoms with Crippen LogP contribution < -0.4 is 10.6 Å². The van der Waals surface area contributed by atoms with Crippen LogP contribution in [0.3, 0.4) is 0 Å². The molecule has 2 amide bonds. The molecule has 0 bridgehead atoms. The van der Waals surface area contributed by atoms with Gasteiger partial charge in [0.2, 0.25) is 11.8 Å². The second kappa shape index (κ2) is 8.41. The molecule has 0 aromatic heterocycles. The van der Waals surface area contributed by atoms with Crippen LogP contribution in [0.1, 0.15) is 0 Å². The summed E-state index contributed by atoms with van der Waals surface area (Å²) in [6.07, 6.45) is 1.21. The average molecular weight is 347 g/mol. The first-order valence-corrected chi connectivity index (χ1v) is 8.15. The lowest BCUT2D eigenvalue weighted by atomic mass is 10.3. The fourth-order valence-corrected chi connectivity index (χ4v) is 2.63. The molecular formula is C17H15ClN2O2S. The molecule has 0 unspecified atom stereocenters. The van der Waals surface area contributed by atoms with E-state index in [1.165, 1.54) is 17.8 Å². The van der Waals surface area contributed by atoms with Crippen molar-refractivity contribution in [2.75, 3.05) is 16.4 Å². The Kier molecular flexibility index (Phi) is 6.26. The standard InChI is InChI=1S/C17H15ClN2O2S/c1-2-16(21)19-13-6-8-15(9-7-13)23-11-17(22)20-14-5-3-4-12(18)10-14/h2-10H,1,11H2,(H,19,21)(H,20,22). The molecule has 0 aliphatic carbocycles. The Morgan fingerprint density at radius 2 is 1.83 bits per heavy atom. The molecule has 6 heteroatoms. The Labute approximate surface area is 143 Å². The van der Waals surface area contributed by atoms with Crippen LogP contribution in [0.4, 0.5) is 11.4 Å². The zero-order valence-electron chi connectivity index (χ0n) is 12.2. The molecule has 0 radical (unpaired) electrons. The van der Waals surface area contributed by atoms with Crippen molar-refractivity contribution in [1.29, 1.82) is 0 Å². The summed E-state index contributed by atoms with van der Waals surface area (Å²) in [6, 6.07) is 14.2. The van der Waals surface area contributed by atoms with Crippen molar-refractivity contribution in [2.24, 2.45) is 0 Å². The molecule has 2 rings (SSSR count). The molecule has 2 aromatic carbocycles. The minimum Gasteiger partial charge on any atom is -0.325 e. The minimum atomic E-state index is -0.258. The largest absolute Gasteiger partial charge is 0.325 e. The number of thioether (sulfide) groups is 1. The van der Waals surface area contributed by atoms with Crippen molar-refractivity contribution < 1.29 is 9.59 Å². The van der Waals surface area contributed by atoms with Crippen LogP contribution in [-0.2, 0) is 9.59 Å². The molecule has 0 atom stereocenters. The molecule has 4 nitrogen and oxygen atoms in total. The lowest BCUT2D eigenvalue weighted by Gasteiger charge is -2.06. The normalized spacial score (nSPS) is 9.96. The number of hydrogen-bond acceptors (Lipinski definition) is 3. The first-order chi connectivity index (χ1) is 11.1. The van der Waals surface area contributed by atoms with Gasteiger partial charge in [0.05, 0.1) is 5.75 Å². The predicted octanol–water partition coefficient (Wildman–Crippen LogP) is 4.20. The summed E-state index contributed by atoms with van der Waals surface area (Å²) in [5.41, 5.74) is 1.35. The van der Waals surface area contributed by atoms with Crippen LogP contribution in [0.25, 0.3) is 0 Å². The predicted molar refractivity (Wildman–Crippen MR) is 96.1 cm³/mol. The summed E-state index contributed by atoms with van der Waals surface area (Å²) >= 11 is 7.28. The summed E-state index contributed by atoms with van der Waals surface area (Å²) in [6.45, 7) is 3.39. The first kappa shape index (κ1) is 17.1. The molecule has 0 aliphatic rings. The number of halogens is 1. The molecule has 0 fully saturated rings. The molecule has 2 aromatic rings. The van der Waals surface area contributed by atoms with Crippen LogP contribution in [-0.4, -0.2) is 17.6 Å². The number of nitrogens with one attached hydrogen (secondary N) is 2. The van der Waals surface area contributed by atoms with Crippen molar-refractivity contribution in [1.82, 2.24) is 0 Å². The van der Waals surface area contributed by atoms with Gasteiger partial charge in [-0.05, 0) is 48.5 Å². The average Bonchev–Trinajstić information content (AvgIpc) is 2.54. The van der Waals surface area contributed by atoms with E-state index in [0.29, 0.717) is 16.4 Å². The third-order valence-electron chi connectivity index (χ3n) is 2.79. The summed E-state index contributed by atoms with van der Waals surface area (Å²) in [4.78, 5) is 24.0. The number of amides is 2. The fraction of sp³-hybridized carbons (Fsp3) is 0.0588. The summed E-state index contributed by atoms with van der Waals surface area (Å²) < 4.78 is 0. The molecule has 0 aliphatic heterocycles. The van der Waals surface area contributed by atoms with E-state index in [0.717, 1.165) is 4.90 Å².